The van der Waals surface area contributed by atoms with Crippen molar-refractivity contribution >= 4 is 27.0 Å². The molecule has 1 aromatic heterocycles. The Labute approximate surface area is 145 Å². The van der Waals surface area contributed by atoms with Gasteiger partial charge in [-0.3, -0.25) is 4.79 Å². The molecule has 128 valence electrons. The van der Waals surface area contributed by atoms with Crippen LogP contribution in [0.25, 0.3) is 17.0 Å². The maximum absolute atomic E-state index is 12.4. The van der Waals surface area contributed by atoms with Gasteiger partial charge in [-0.2, -0.15) is 4.31 Å². The lowest BCUT2D eigenvalue weighted by atomic mass is 10.2. The molecule has 0 amide bonds. The molecule has 2 aromatic carbocycles. The third-order valence-corrected chi connectivity index (χ3v) is 5.18. The fourth-order valence-corrected chi connectivity index (χ4v) is 3.18. The Morgan fingerprint density at radius 2 is 1.76 bits per heavy atom. The molecule has 0 saturated heterocycles. The Morgan fingerprint density at radius 3 is 2.52 bits per heavy atom. The van der Waals surface area contributed by atoms with Crippen LogP contribution in [-0.2, 0) is 16.6 Å². The molecule has 0 atom stereocenters. The fourth-order valence-electron chi connectivity index (χ4n) is 2.34. The van der Waals surface area contributed by atoms with Crippen LogP contribution in [0.15, 0.2) is 64.8 Å². The molecule has 0 aliphatic heterocycles. The number of aromatic amines is 1. The summed E-state index contributed by atoms with van der Waals surface area (Å²) >= 11 is 0. The maximum Gasteiger partial charge on any atom is 0.258 e. The number of sulfonamides is 1. The van der Waals surface area contributed by atoms with Gasteiger partial charge in [-0.05, 0) is 23.8 Å². The predicted molar refractivity (Wildman–Crippen MR) is 98.2 cm³/mol. The first-order valence-electron chi connectivity index (χ1n) is 7.63. The average molecular weight is 355 g/mol. The molecule has 6 nitrogen and oxygen atoms in total. The summed E-state index contributed by atoms with van der Waals surface area (Å²) in [6.45, 7) is -0.0263. The van der Waals surface area contributed by atoms with Crippen molar-refractivity contribution in [2.45, 2.75) is 6.54 Å². The van der Waals surface area contributed by atoms with E-state index in [0.29, 0.717) is 16.7 Å². The van der Waals surface area contributed by atoms with Crippen molar-refractivity contribution in [3.05, 3.63) is 81.7 Å². The van der Waals surface area contributed by atoms with Crippen molar-refractivity contribution in [2.75, 3.05) is 7.05 Å². The van der Waals surface area contributed by atoms with E-state index in [1.54, 1.807) is 24.3 Å². The van der Waals surface area contributed by atoms with Crippen molar-refractivity contribution in [3.63, 3.8) is 0 Å². The first kappa shape index (κ1) is 17.1. The van der Waals surface area contributed by atoms with Crippen LogP contribution >= 0.6 is 0 Å². The topological polar surface area (TPSA) is 83.1 Å². The van der Waals surface area contributed by atoms with E-state index in [2.05, 4.69) is 9.97 Å². The summed E-state index contributed by atoms with van der Waals surface area (Å²) in [6.07, 6.45) is 1.53. The molecule has 3 rings (SSSR count). The third-order valence-electron chi connectivity index (χ3n) is 3.70. The number of nitrogens with one attached hydrogen (secondary N) is 1. The second-order valence-electron chi connectivity index (χ2n) is 5.54. The van der Waals surface area contributed by atoms with Gasteiger partial charge in [0, 0.05) is 12.5 Å². The van der Waals surface area contributed by atoms with Crippen molar-refractivity contribution < 1.29 is 8.42 Å². The van der Waals surface area contributed by atoms with Gasteiger partial charge in [0.05, 0.1) is 17.4 Å². The molecule has 0 radical (unpaired) electrons. The molecule has 25 heavy (non-hydrogen) atoms. The summed E-state index contributed by atoms with van der Waals surface area (Å²) in [5, 5.41) is 1.61. The smallest absolute Gasteiger partial charge is 0.258 e. The van der Waals surface area contributed by atoms with Gasteiger partial charge in [-0.1, -0.05) is 42.5 Å². The standard InChI is InChI=1S/C18H17N3O3S/c1-21(25(23,24)12-11-14-7-3-2-4-8-14)13-17-19-16-10-6-5-9-15(16)18(22)20-17/h2-12H,13H2,1H3,(H,19,20,22). The zero-order valence-electron chi connectivity index (χ0n) is 13.6. The molecule has 0 spiro atoms. The summed E-state index contributed by atoms with van der Waals surface area (Å²) in [7, 11) is -2.19. The van der Waals surface area contributed by atoms with E-state index in [-0.39, 0.29) is 12.1 Å². The van der Waals surface area contributed by atoms with Crippen molar-refractivity contribution in [1.82, 2.24) is 14.3 Å². The molecule has 1 N–H and O–H groups in total. The van der Waals surface area contributed by atoms with E-state index in [0.717, 1.165) is 15.3 Å². The van der Waals surface area contributed by atoms with E-state index in [4.69, 9.17) is 0 Å². The Balaban J connectivity index is 1.82. The quantitative estimate of drug-likeness (QED) is 0.761. The Bertz CT molecular complexity index is 1070. The van der Waals surface area contributed by atoms with Gasteiger partial charge >= 0.3 is 0 Å². The number of benzene rings is 2. The van der Waals surface area contributed by atoms with Crippen molar-refractivity contribution in [3.8, 4) is 0 Å². The number of rotatable bonds is 5. The molecule has 0 fully saturated rings. The second kappa shape index (κ2) is 7.00. The second-order valence-corrected chi connectivity index (χ2v) is 7.47. The first-order chi connectivity index (χ1) is 12.0. The van der Waals surface area contributed by atoms with Gasteiger partial charge < -0.3 is 4.98 Å². The number of para-hydroxylation sites is 1. The lowest BCUT2D eigenvalue weighted by Gasteiger charge is -2.14. The van der Waals surface area contributed by atoms with Gasteiger partial charge in [-0.25, -0.2) is 13.4 Å². The van der Waals surface area contributed by atoms with Crippen LogP contribution < -0.4 is 5.56 Å². The molecular formula is C18H17N3O3S. The van der Waals surface area contributed by atoms with E-state index in [1.807, 2.05) is 30.3 Å². The van der Waals surface area contributed by atoms with Crippen LogP contribution in [0.2, 0.25) is 0 Å². The zero-order valence-corrected chi connectivity index (χ0v) is 14.4. The van der Waals surface area contributed by atoms with Crippen LogP contribution in [0, 0.1) is 0 Å². The lowest BCUT2D eigenvalue weighted by molar-refractivity contribution is 0.465. The molecule has 0 bridgehead atoms. The number of H-pyrrole nitrogens is 1. The van der Waals surface area contributed by atoms with E-state index in [9.17, 15) is 13.2 Å². The summed E-state index contributed by atoms with van der Waals surface area (Å²) in [6, 6.07) is 16.1. The number of fused-ring (bicyclic) bond motifs is 1. The Morgan fingerprint density at radius 1 is 1.08 bits per heavy atom. The highest BCUT2D eigenvalue weighted by atomic mass is 32.2. The molecule has 1 heterocycles. The monoisotopic (exact) mass is 355 g/mol. The van der Waals surface area contributed by atoms with Crippen LogP contribution in [0.5, 0.6) is 0 Å². The van der Waals surface area contributed by atoms with Crippen LogP contribution in [-0.4, -0.2) is 29.7 Å². The van der Waals surface area contributed by atoms with Crippen LogP contribution in [0.4, 0.5) is 0 Å². The summed E-state index contributed by atoms with van der Waals surface area (Å²) in [5.41, 5.74) is 1.04. The van der Waals surface area contributed by atoms with Crippen LogP contribution in [0.1, 0.15) is 11.4 Å². The molecule has 0 aliphatic rings. The Hall–Kier alpha value is -2.77. The summed E-state index contributed by atoms with van der Waals surface area (Å²) < 4.78 is 25.9. The summed E-state index contributed by atoms with van der Waals surface area (Å²) in [5.74, 6) is 0.294. The van der Waals surface area contributed by atoms with E-state index >= 15 is 0 Å². The molecule has 0 saturated carbocycles. The SMILES string of the molecule is CN(Cc1nc2ccccc2c(=O)[nH]1)S(=O)(=O)C=Cc1ccccc1. The van der Waals surface area contributed by atoms with Gasteiger partial charge in [0.25, 0.3) is 5.56 Å². The highest BCUT2D eigenvalue weighted by Crippen LogP contribution is 2.10. The normalized spacial score (nSPS) is 12.2. The number of nitrogens with zero attached hydrogens (tertiary/aromatic N) is 2. The van der Waals surface area contributed by atoms with E-state index < -0.39 is 10.0 Å². The zero-order chi connectivity index (χ0) is 17.9. The van der Waals surface area contributed by atoms with Gasteiger partial charge in [0.1, 0.15) is 5.82 Å². The first-order valence-corrected chi connectivity index (χ1v) is 9.13. The number of hydrogen-bond acceptors (Lipinski definition) is 4. The fraction of sp³-hybridized carbons (Fsp3) is 0.111. The van der Waals surface area contributed by atoms with Crippen molar-refractivity contribution in [2.24, 2.45) is 0 Å². The van der Waals surface area contributed by atoms with Gasteiger partial charge in [0.2, 0.25) is 10.0 Å². The number of hydrogen-bond donors (Lipinski definition) is 1. The maximum atomic E-state index is 12.4. The predicted octanol–water partition coefficient (Wildman–Crippen LogP) is 2.36. The molecular weight excluding hydrogens is 338 g/mol. The lowest BCUT2D eigenvalue weighted by Crippen LogP contribution is -2.26. The van der Waals surface area contributed by atoms with Crippen LogP contribution in [0.3, 0.4) is 0 Å². The highest BCUT2D eigenvalue weighted by Gasteiger charge is 2.16. The largest absolute Gasteiger partial charge is 0.309 e. The minimum Gasteiger partial charge on any atom is -0.309 e. The number of aromatic nitrogens is 2. The molecule has 0 aliphatic carbocycles. The minimum absolute atomic E-state index is 0.0263. The average Bonchev–Trinajstić information content (AvgIpc) is 2.61. The molecule has 3 aromatic rings. The minimum atomic E-state index is -3.63. The summed E-state index contributed by atoms with van der Waals surface area (Å²) in [4.78, 5) is 19.0. The molecule has 7 heteroatoms. The highest BCUT2D eigenvalue weighted by molar-refractivity contribution is 7.92. The van der Waals surface area contributed by atoms with Crippen molar-refractivity contribution in [1.29, 1.82) is 0 Å². The third kappa shape index (κ3) is 4.01. The Kier molecular flexibility index (Phi) is 4.78. The van der Waals surface area contributed by atoms with Gasteiger partial charge in [0.15, 0.2) is 0 Å². The van der Waals surface area contributed by atoms with Gasteiger partial charge in [-0.15, -0.1) is 0 Å². The molecule has 0 unspecified atom stereocenters. The van der Waals surface area contributed by atoms with E-state index in [1.165, 1.54) is 13.1 Å².